The van der Waals surface area contributed by atoms with Gasteiger partial charge in [-0.25, -0.2) is 8.42 Å². The molecular formula is C31H37Cl2N3O4S. The molecule has 2 amide bonds. The predicted octanol–water partition coefficient (Wildman–Crippen LogP) is 5.79. The van der Waals surface area contributed by atoms with Gasteiger partial charge in [0.25, 0.3) is 0 Å². The van der Waals surface area contributed by atoms with E-state index in [1.54, 1.807) is 31.2 Å². The molecule has 220 valence electrons. The van der Waals surface area contributed by atoms with Crippen LogP contribution in [0, 0.1) is 19.8 Å². The fourth-order valence-electron chi connectivity index (χ4n) is 4.41. The standard InChI is InChI=1S/C31H37Cl2N3O4S/c1-21(2)18-34-31(38)29(17-24-10-7-6-8-11-24)35(19-25-26(32)12-9-13-27(25)33)30(37)20-36(41(5,39)40)28-16-22(3)14-15-23(28)4/h6-16,21,29H,17-20H2,1-5H3,(H,34,38)/t29-/m1/s1. The average Bonchev–Trinajstić information content (AvgIpc) is 2.90. The molecule has 0 aromatic heterocycles. The number of hydrogen-bond donors (Lipinski definition) is 1. The highest BCUT2D eigenvalue weighted by Crippen LogP contribution is 2.29. The summed E-state index contributed by atoms with van der Waals surface area (Å²) in [6.07, 6.45) is 1.27. The highest BCUT2D eigenvalue weighted by atomic mass is 35.5. The van der Waals surface area contributed by atoms with Gasteiger partial charge in [-0.3, -0.25) is 13.9 Å². The van der Waals surface area contributed by atoms with Crippen molar-refractivity contribution < 1.29 is 18.0 Å². The first-order chi connectivity index (χ1) is 19.3. The molecule has 0 saturated carbocycles. The van der Waals surface area contributed by atoms with Crippen LogP contribution < -0.4 is 9.62 Å². The van der Waals surface area contributed by atoms with Gasteiger partial charge in [0.05, 0.1) is 11.9 Å². The lowest BCUT2D eigenvalue weighted by atomic mass is 10.0. The zero-order chi connectivity index (χ0) is 30.3. The minimum atomic E-state index is -3.87. The number of nitrogens with zero attached hydrogens (tertiary/aromatic N) is 2. The molecule has 10 heteroatoms. The van der Waals surface area contributed by atoms with E-state index in [2.05, 4.69) is 5.32 Å². The van der Waals surface area contributed by atoms with Gasteiger partial charge in [-0.1, -0.05) is 85.6 Å². The fraction of sp³-hybridized carbons (Fsp3) is 0.355. The van der Waals surface area contributed by atoms with Crippen molar-refractivity contribution in [2.24, 2.45) is 5.92 Å². The summed E-state index contributed by atoms with van der Waals surface area (Å²) in [5, 5.41) is 3.63. The summed E-state index contributed by atoms with van der Waals surface area (Å²) in [5.41, 5.74) is 3.26. The molecule has 0 saturated heterocycles. The van der Waals surface area contributed by atoms with Crippen LogP contribution in [-0.2, 0) is 32.6 Å². The van der Waals surface area contributed by atoms with Crippen molar-refractivity contribution in [1.82, 2.24) is 10.2 Å². The Morgan fingerprint density at radius 1 is 0.927 bits per heavy atom. The molecule has 0 heterocycles. The first-order valence-corrected chi connectivity index (χ1v) is 16.0. The molecule has 0 bridgehead atoms. The minimum Gasteiger partial charge on any atom is -0.354 e. The molecule has 41 heavy (non-hydrogen) atoms. The summed E-state index contributed by atoms with van der Waals surface area (Å²) >= 11 is 13.0. The highest BCUT2D eigenvalue weighted by molar-refractivity contribution is 7.92. The summed E-state index contributed by atoms with van der Waals surface area (Å²) in [5.74, 6) is -0.729. The molecule has 7 nitrogen and oxygen atoms in total. The van der Waals surface area contributed by atoms with E-state index < -0.39 is 28.5 Å². The van der Waals surface area contributed by atoms with E-state index in [-0.39, 0.29) is 24.8 Å². The van der Waals surface area contributed by atoms with Crippen LogP contribution in [0.2, 0.25) is 10.0 Å². The monoisotopic (exact) mass is 617 g/mol. The maximum atomic E-state index is 14.2. The van der Waals surface area contributed by atoms with Crippen LogP contribution in [0.4, 0.5) is 5.69 Å². The number of amides is 2. The summed E-state index contributed by atoms with van der Waals surface area (Å²) < 4.78 is 27.1. The van der Waals surface area contributed by atoms with Crippen LogP contribution in [0.25, 0.3) is 0 Å². The molecule has 0 fully saturated rings. The third-order valence-electron chi connectivity index (χ3n) is 6.66. The summed E-state index contributed by atoms with van der Waals surface area (Å²) in [6.45, 7) is 7.42. The van der Waals surface area contributed by atoms with Gasteiger partial charge < -0.3 is 10.2 Å². The number of carbonyl (C=O) groups is 2. The number of hydrogen-bond acceptors (Lipinski definition) is 4. The number of rotatable bonds is 12. The smallest absolute Gasteiger partial charge is 0.244 e. The molecule has 3 rings (SSSR count). The van der Waals surface area contributed by atoms with Crippen molar-refractivity contribution in [2.75, 3.05) is 23.7 Å². The van der Waals surface area contributed by atoms with Crippen molar-refractivity contribution in [1.29, 1.82) is 0 Å². The Morgan fingerprint density at radius 2 is 1.56 bits per heavy atom. The number of anilines is 1. The molecule has 1 atom stereocenters. The predicted molar refractivity (Wildman–Crippen MR) is 167 cm³/mol. The van der Waals surface area contributed by atoms with Crippen LogP contribution in [0.1, 0.15) is 36.1 Å². The van der Waals surface area contributed by atoms with Crippen molar-refractivity contribution in [3.8, 4) is 0 Å². The lowest BCUT2D eigenvalue weighted by Gasteiger charge is -2.34. The molecule has 0 aliphatic carbocycles. The molecule has 0 aliphatic heterocycles. The topological polar surface area (TPSA) is 86.8 Å². The summed E-state index contributed by atoms with van der Waals surface area (Å²) in [7, 11) is -3.87. The minimum absolute atomic E-state index is 0.0889. The van der Waals surface area contributed by atoms with Gasteiger partial charge in [0.1, 0.15) is 12.6 Å². The maximum absolute atomic E-state index is 14.2. The summed E-state index contributed by atoms with van der Waals surface area (Å²) in [6, 6.07) is 18.8. The average molecular weight is 619 g/mol. The van der Waals surface area contributed by atoms with E-state index in [9.17, 15) is 18.0 Å². The van der Waals surface area contributed by atoms with Gasteiger partial charge in [0.2, 0.25) is 21.8 Å². The molecule has 0 aliphatic rings. The van der Waals surface area contributed by atoms with Gasteiger partial charge in [-0.05, 0) is 54.7 Å². The third-order valence-corrected chi connectivity index (χ3v) is 8.49. The van der Waals surface area contributed by atoms with Gasteiger partial charge in [-0.15, -0.1) is 0 Å². The molecule has 3 aromatic carbocycles. The molecule has 1 N–H and O–H groups in total. The van der Waals surface area contributed by atoms with E-state index in [0.29, 0.717) is 33.4 Å². The first kappa shape index (κ1) is 32.4. The zero-order valence-electron chi connectivity index (χ0n) is 24.0. The Morgan fingerprint density at radius 3 is 2.15 bits per heavy atom. The first-order valence-electron chi connectivity index (χ1n) is 13.4. The second-order valence-electron chi connectivity index (χ2n) is 10.6. The number of nitrogens with one attached hydrogen (secondary N) is 1. The summed E-state index contributed by atoms with van der Waals surface area (Å²) in [4.78, 5) is 29.3. The van der Waals surface area contributed by atoms with Crippen LogP contribution in [0.15, 0.2) is 66.7 Å². The second kappa shape index (κ2) is 14.2. The largest absolute Gasteiger partial charge is 0.354 e. The lowest BCUT2D eigenvalue weighted by Crippen LogP contribution is -2.53. The maximum Gasteiger partial charge on any atom is 0.244 e. The Hall–Kier alpha value is -3.07. The van der Waals surface area contributed by atoms with Gasteiger partial charge in [0, 0.05) is 35.1 Å². The fourth-order valence-corrected chi connectivity index (χ4v) is 5.83. The van der Waals surface area contributed by atoms with Crippen molar-refractivity contribution in [3.63, 3.8) is 0 Å². The Labute approximate surface area is 253 Å². The normalized spacial score (nSPS) is 12.2. The Bertz CT molecular complexity index is 1460. The molecule has 0 unspecified atom stereocenters. The van der Waals surface area contributed by atoms with Crippen molar-refractivity contribution in [3.05, 3.63) is 99.0 Å². The van der Waals surface area contributed by atoms with Crippen molar-refractivity contribution in [2.45, 2.75) is 46.7 Å². The van der Waals surface area contributed by atoms with Gasteiger partial charge in [0.15, 0.2) is 0 Å². The number of aryl methyl sites for hydroxylation is 2. The number of carbonyl (C=O) groups excluding carboxylic acids is 2. The number of halogens is 2. The van der Waals surface area contributed by atoms with E-state index in [1.165, 1.54) is 4.90 Å². The number of sulfonamides is 1. The van der Waals surface area contributed by atoms with Crippen LogP contribution in [0.5, 0.6) is 0 Å². The van der Waals surface area contributed by atoms with Crippen LogP contribution in [-0.4, -0.2) is 50.5 Å². The SMILES string of the molecule is Cc1ccc(C)c(N(CC(=O)N(Cc2c(Cl)cccc2Cl)[C@H](Cc2ccccc2)C(=O)NCC(C)C)S(C)(=O)=O)c1. The molecule has 0 radical (unpaired) electrons. The zero-order valence-corrected chi connectivity index (χ0v) is 26.4. The molecular weight excluding hydrogens is 581 g/mol. The van der Waals surface area contributed by atoms with Crippen molar-refractivity contribution >= 4 is 50.7 Å². The van der Waals surface area contributed by atoms with E-state index in [0.717, 1.165) is 21.7 Å². The molecule has 0 spiro atoms. The van der Waals surface area contributed by atoms with Gasteiger partial charge >= 0.3 is 0 Å². The Kier molecular flexibility index (Phi) is 11.2. The lowest BCUT2D eigenvalue weighted by molar-refractivity contribution is -0.140. The third kappa shape index (κ3) is 8.96. The quantitative estimate of drug-likeness (QED) is 0.279. The Balaban J connectivity index is 2.12. The number of benzene rings is 3. The second-order valence-corrected chi connectivity index (χ2v) is 13.3. The molecule has 3 aromatic rings. The van der Waals surface area contributed by atoms with Crippen LogP contribution >= 0.6 is 23.2 Å². The van der Waals surface area contributed by atoms with E-state index in [1.807, 2.05) is 63.2 Å². The van der Waals surface area contributed by atoms with E-state index in [4.69, 9.17) is 23.2 Å². The van der Waals surface area contributed by atoms with Gasteiger partial charge in [-0.2, -0.15) is 0 Å². The highest BCUT2D eigenvalue weighted by Gasteiger charge is 2.34. The van der Waals surface area contributed by atoms with Crippen LogP contribution in [0.3, 0.4) is 0 Å². The van der Waals surface area contributed by atoms with E-state index >= 15 is 0 Å².